The number of hydrogen-bond donors (Lipinski definition) is 0. The Balaban J connectivity index is 0.816. The van der Waals surface area contributed by atoms with Crippen molar-refractivity contribution in [3.05, 3.63) is 254 Å². The van der Waals surface area contributed by atoms with Crippen molar-refractivity contribution in [3.63, 3.8) is 0 Å². The minimum absolute atomic E-state index is 0.260. The van der Waals surface area contributed by atoms with Crippen LogP contribution in [-0.4, -0.2) is 4.57 Å². The first-order chi connectivity index (χ1) is 35.9. The average molecular weight is 935 g/mol. The zero-order chi connectivity index (χ0) is 48.4. The van der Waals surface area contributed by atoms with Crippen molar-refractivity contribution in [1.29, 1.82) is 0 Å². The number of para-hydroxylation sites is 5. The summed E-state index contributed by atoms with van der Waals surface area (Å²) in [6, 6.07) is 88.0. The van der Waals surface area contributed by atoms with Crippen LogP contribution in [0.4, 0.5) is 17.1 Å². The summed E-state index contributed by atoms with van der Waals surface area (Å²) in [7, 11) is 0. The lowest BCUT2D eigenvalue weighted by Gasteiger charge is -2.28. The van der Waals surface area contributed by atoms with Gasteiger partial charge in [-0.1, -0.05) is 159 Å². The van der Waals surface area contributed by atoms with E-state index in [0.29, 0.717) is 0 Å². The standard InChI is InChI=1S/C69H46N2O2/c1-69(2)61-40-46(45-29-38-64-60(39-45)55-15-6-9-20-63(55)71(64)48-13-4-3-5-14-48)27-35-53(61)54-37-34-51(42-62(54)69)70(49-30-23-43(24-31-49)47-28-36-58-56-16-7-10-21-65(56)72-67(58)41-47)50-32-25-44(26-33-50)52-18-12-19-59-57-17-8-11-22-66(57)73-68(52)59/h3-42H,1-2H3. The van der Waals surface area contributed by atoms with E-state index >= 15 is 0 Å². The number of aromatic nitrogens is 1. The highest BCUT2D eigenvalue weighted by atomic mass is 16.3. The smallest absolute Gasteiger partial charge is 0.143 e. The Bertz CT molecular complexity index is 4510. The minimum atomic E-state index is -0.260. The molecule has 11 aromatic carbocycles. The summed E-state index contributed by atoms with van der Waals surface area (Å²) in [5, 5.41) is 7.03. The zero-order valence-electron chi connectivity index (χ0n) is 40.3. The number of furan rings is 2. The molecule has 0 aliphatic heterocycles. The van der Waals surface area contributed by atoms with Crippen LogP contribution in [0.5, 0.6) is 0 Å². The Morgan fingerprint density at radius 1 is 0.329 bits per heavy atom. The maximum atomic E-state index is 6.49. The highest BCUT2D eigenvalue weighted by molar-refractivity contribution is 6.11. The number of benzene rings is 11. The van der Waals surface area contributed by atoms with Crippen LogP contribution in [0.2, 0.25) is 0 Å². The molecule has 0 bridgehead atoms. The molecule has 3 aromatic heterocycles. The number of hydrogen-bond acceptors (Lipinski definition) is 3. The molecule has 344 valence electrons. The molecule has 0 unspecified atom stereocenters. The van der Waals surface area contributed by atoms with Gasteiger partial charge in [0.1, 0.15) is 22.3 Å². The van der Waals surface area contributed by atoms with Gasteiger partial charge in [0.25, 0.3) is 0 Å². The van der Waals surface area contributed by atoms with Crippen molar-refractivity contribution >= 4 is 82.7 Å². The molecule has 0 atom stereocenters. The van der Waals surface area contributed by atoms with E-state index in [1.165, 1.54) is 60.9 Å². The van der Waals surface area contributed by atoms with Crippen LogP contribution < -0.4 is 4.90 Å². The molecular formula is C69H46N2O2. The van der Waals surface area contributed by atoms with Gasteiger partial charge in [-0.15, -0.1) is 0 Å². The van der Waals surface area contributed by atoms with Crippen molar-refractivity contribution in [2.75, 3.05) is 4.90 Å². The van der Waals surface area contributed by atoms with Gasteiger partial charge in [0.2, 0.25) is 0 Å². The molecule has 0 fully saturated rings. The summed E-state index contributed by atoms with van der Waals surface area (Å²) >= 11 is 0. The monoisotopic (exact) mass is 934 g/mol. The summed E-state index contributed by atoms with van der Waals surface area (Å²) in [6.07, 6.45) is 0. The van der Waals surface area contributed by atoms with E-state index in [2.05, 4.69) is 242 Å². The van der Waals surface area contributed by atoms with Gasteiger partial charge in [0.05, 0.1) is 11.0 Å². The van der Waals surface area contributed by atoms with E-state index in [1.54, 1.807) is 0 Å². The van der Waals surface area contributed by atoms with Crippen molar-refractivity contribution in [1.82, 2.24) is 4.57 Å². The molecule has 0 radical (unpaired) electrons. The van der Waals surface area contributed by atoms with Crippen molar-refractivity contribution in [3.8, 4) is 50.2 Å². The first-order valence-electron chi connectivity index (χ1n) is 25.1. The number of rotatable bonds is 7. The third-order valence-electron chi connectivity index (χ3n) is 15.6. The molecule has 0 saturated carbocycles. The first kappa shape index (κ1) is 41.4. The van der Waals surface area contributed by atoms with Gasteiger partial charge >= 0.3 is 0 Å². The molecule has 4 nitrogen and oxygen atoms in total. The van der Waals surface area contributed by atoms with Crippen LogP contribution in [0.1, 0.15) is 25.0 Å². The fraction of sp³-hybridized carbons (Fsp3) is 0.0435. The number of fused-ring (bicyclic) bond motifs is 12. The second kappa shape index (κ2) is 15.8. The molecule has 0 spiro atoms. The minimum Gasteiger partial charge on any atom is -0.456 e. The Labute approximate surface area is 422 Å². The molecule has 0 saturated heterocycles. The molecule has 73 heavy (non-hydrogen) atoms. The van der Waals surface area contributed by atoms with E-state index in [1.807, 2.05) is 24.3 Å². The van der Waals surface area contributed by atoms with Crippen molar-refractivity contribution < 1.29 is 8.83 Å². The van der Waals surface area contributed by atoms with Gasteiger partial charge in [-0.05, 0) is 147 Å². The fourth-order valence-corrected chi connectivity index (χ4v) is 12.0. The second-order valence-electron chi connectivity index (χ2n) is 20.1. The maximum absolute atomic E-state index is 6.49. The zero-order valence-corrected chi connectivity index (χ0v) is 40.3. The molecule has 1 aliphatic rings. The largest absolute Gasteiger partial charge is 0.456 e. The van der Waals surface area contributed by atoms with Crippen LogP contribution in [0, 0.1) is 0 Å². The van der Waals surface area contributed by atoms with Crippen LogP contribution >= 0.6 is 0 Å². The first-order valence-corrected chi connectivity index (χ1v) is 25.1. The SMILES string of the molecule is CC1(C)c2cc(-c3ccc4c(c3)c3ccccc3n4-c3ccccc3)ccc2-c2ccc(N(c3ccc(-c4ccc5c(c4)oc4ccccc45)cc3)c3ccc(-c4cccc5c4oc4ccccc45)cc3)cc21. The van der Waals surface area contributed by atoms with Crippen LogP contribution in [0.15, 0.2) is 251 Å². The Morgan fingerprint density at radius 2 is 0.863 bits per heavy atom. The van der Waals surface area contributed by atoms with E-state index in [4.69, 9.17) is 8.83 Å². The quantitative estimate of drug-likeness (QED) is 0.160. The van der Waals surface area contributed by atoms with Crippen LogP contribution in [0.3, 0.4) is 0 Å². The normalized spacial score (nSPS) is 12.9. The fourth-order valence-electron chi connectivity index (χ4n) is 12.0. The highest BCUT2D eigenvalue weighted by Crippen LogP contribution is 2.52. The van der Waals surface area contributed by atoms with Crippen LogP contribution in [0.25, 0.3) is 116 Å². The summed E-state index contributed by atoms with van der Waals surface area (Å²) in [5.41, 5.74) is 22.2. The predicted molar refractivity (Wildman–Crippen MR) is 304 cm³/mol. The maximum Gasteiger partial charge on any atom is 0.143 e. The summed E-state index contributed by atoms with van der Waals surface area (Å²) < 4.78 is 15.2. The van der Waals surface area contributed by atoms with Crippen LogP contribution in [-0.2, 0) is 5.41 Å². The molecule has 0 amide bonds. The van der Waals surface area contributed by atoms with Gasteiger partial charge in [-0.3, -0.25) is 0 Å². The molecule has 14 aromatic rings. The summed E-state index contributed by atoms with van der Waals surface area (Å²) in [5.74, 6) is 0. The van der Waals surface area contributed by atoms with E-state index in [0.717, 1.165) is 83.2 Å². The Morgan fingerprint density at radius 3 is 1.64 bits per heavy atom. The van der Waals surface area contributed by atoms with Gasteiger partial charge in [-0.2, -0.15) is 0 Å². The summed E-state index contributed by atoms with van der Waals surface area (Å²) in [4.78, 5) is 2.39. The number of nitrogens with zero attached hydrogens (tertiary/aromatic N) is 2. The van der Waals surface area contributed by atoms with E-state index in [9.17, 15) is 0 Å². The third kappa shape index (κ3) is 6.40. The molecule has 1 aliphatic carbocycles. The van der Waals surface area contributed by atoms with Gasteiger partial charge in [0, 0.05) is 66.0 Å². The van der Waals surface area contributed by atoms with Gasteiger partial charge in [-0.25, -0.2) is 0 Å². The van der Waals surface area contributed by atoms with Crippen molar-refractivity contribution in [2.24, 2.45) is 0 Å². The molecule has 3 heterocycles. The molecule has 15 rings (SSSR count). The lowest BCUT2D eigenvalue weighted by molar-refractivity contribution is 0.660. The van der Waals surface area contributed by atoms with Gasteiger partial charge in [0.15, 0.2) is 0 Å². The van der Waals surface area contributed by atoms with Crippen molar-refractivity contribution in [2.45, 2.75) is 19.3 Å². The molecule has 0 N–H and O–H groups in total. The molecule has 4 heteroatoms. The van der Waals surface area contributed by atoms with E-state index in [-0.39, 0.29) is 5.41 Å². The lowest BCUT2D eigenvalue weighted by Crippen LogP contribution is -2.16. The predicted octanol–water partition coefficient (Wildman–Crippen LogP) is 19.4. The second-order valence-corrected chi connectivity index (χ2v) is 20.1. The van der Waals surface area contributed by atoms with Gasteiger partial charge < -0.3 is 18.3 Å². The highest BCUT2D eigenvalue weighted by Gasteiger charge is 2.36. The topological polar surface area (TPSA) is 34.5 Å². The summed E-state index contributed by atoms with van der Waals surface area (Å²) in [6.45, 7) is 4.76. The lowest BCUT2D eigenvalue weighted by atomic mass is 9.81. The van der Waals surface area contributed by atoms with E-state index < -0.39 is 0 Å². The Kier molecular flexibility index (Phi) is 8.97. The molecular weight excluding hydrogens is 889 g/mol. The third-order valence-corrected chi connectivity index (χ3v) is 15.6. The number of anilines is 3. The average Bonchev–Trinajstić information content (AvgIpc) is 4.17. The Hall–Kier alpha value is -9.38.